The molecule has 1 saturated carbocycles. The standard InChI is InChI=1S/C15H20N2O3S/c1-2-21-10-4-3-9(5-10)17-15(18)11-6-13-14(7-12(11)16)20-8-19-13/h6-7,9-10H,2-5,8,16H2,1H3,(H,17,18). The zero-order valence-electron chi connectivity index (χ0n) is 12.1. The van der Waals surface area contributed by atoms with Crippen LogP contribution in [-0.4, -0.2) is 29.7 Å². The number of nitrogen functional groups attached to an aromatic ring is 1. The normalized spacial score (nSPS) is 23.3. The lowest BCUT2D eigenvalue weighted by molar-refractivity contribution is 0.0938. The Bertz CT molecular complexity index is 550. The Labute approximate surface area is 128 Å². The van der Waals surface area contributed by atoms with E-state index < -0.39 is 0 Å². The third kappa shape index (κ3) is 3.05. The number of amides is 1. The molecule has 0 aromatic heterocycles. The molecule has 2 aliphatic rings. The molecule has 1 amide bonds. The van der Waals surface area contributed by atoms with E-state index in [1.165, 1.54) is 6.42 Å². The van der Waals surface area contributed by atoms with Gasteiger partial charge in [-0.05, 0) is 31.1 Å². The van der Waals surface area contributed by atoms with Crippen LogP contribution in [0.3, 0.4) is 0 Å². The summed E-state index contributed by atoms with van der Waals surface area (Å²) >= 11 is 1.97. The average molecular weight is 308 g/mol. The van der Waals surface area contributed by atoms with Gasteiger partial charge in [0, 0.05) is 23.0 Å². The number of carbonyl (C=O) groups is 1. The lowest BCUT2D eigenvalue weighted by Gasteiger charge is -2.14. The van der Waals surface area contributed by atoms with Crippen LogP contribution in [0.4, 0.5) is 5.69 Å². The minimum absolute atomic E-state index is 0.127. The van der Waals surface area contributed by atoms with E-state index in [0.29, 0.717) is 28.0 Å². The molecule has 1 aliphatic carbocycles. The number of hydrogen-bond acceptors (Lipinski definition) is 5. The molecule has 1 fully saturated rings. The lowest BCUT2D eigenvalue weighted by Crippen LogP contribution is -2.33. The summed E-state index contributed by atoms with van der Waals surface area (Å²) in [5, 5.41) is 3.75. The van der Waals surface area contributed by atoms with Gasteiger partial charge in [0.15, 0.2) is 11.5 Å². The van der Waals surface area contributed by atoms with E-state index in [0.717, 1.165) is 18.6 Å². The van der Waals surface area contributed by atoms with Crippen LogP contribution in [-0.2, 0) is 0 Å². The second-order valence-electron chi connectivity index (χ2n) is 5.35. The summed E-state index contributed by atoms with van der Waals surface area (Å²) in [5.41, 5.74) is 6.83. The number of hydrogen-bond donors (Lipinski definition) is 2. The van der Waals surface area contributed by atoms with Crippen molar-refractivity contribution >= 4 is 23.4 Å². The van der Waals surface area contributed by atoms with Crippen molar-refractivity contribution in [2.75, 3.05) is 18.3 Å². The summed E-state index contributed by atoms with van der Waals surface area (Å²) in [6, 6.07) is 3.56. The number of benzene rings is 1. The topological polar surface area (TPSA) is 73.6 Å². The first-order valence-corrected chi connectivity index (χ1v) is 8.34. The van der Waals surface area contributed by atoms with Crippen LogP contribution in [0.1, 0.15) is 36.5 Å². The van der Waals surface area contributed by atoms with E-state index in [1.807, 2.05) is 11.8 Å². The molecule has 21 heavy (non-hydrogen) atoms. The van der Waals surface area contributed by atoms with E-state index in [4.69, 9.17) is 15.2 Å². The first-order valence-electron chi connectivity index (χ1n) is 7.29. The molecule has 0 radical (unpaired) electrons. The van der Waals surface area contributed by atoms with Gasteiger partial charge in [0.1, 0.15) is 0 Å². The molecule has 114 valence electrons. The number of nitrogens with two attached hydrogens (primary N) is 1. The van der Waals surface area contributed by atoms with Crippen LogP contribution in [0, 0.1) is 0 Å². The second-order valence-corrected chi connectivity index (χ2v) is 6.93. The Kier molecular flexibility index (Phi) is 4.14. The van der Waals surface area contributed by atoms with Crippen LogP contribution in [0.2, 0.25) is 0 Å². The highest BCUT2D eigenvalue weighted by Gasteiger charge is 2.27. The third-order valence-corrected chi connectivity index (χ3v) is 5.14. The molecule has 3 rings (SSSR count). The molecule has 3 N–H and O–H groups in total. The maximum Gasteiger partial charge on any atom is 0.253 e. The molecule has 0 saturated heterocycles. The zero-order valence-corrected chi connectivity index (χ0v) is 12.9. The Morgan fingerprint density at radius 1 is 1.38 bits per heavy atom. The molecule has 0 bridgehead atoms. The summed E-state index contributed by atoms with van der Waals surface area (Å²) in [4.78, 5) is 12.4. The van der Waals surface area contributed by atoms with Gasteiger partial charge in [0.25, 0.3) is 5.91 Å². The molecule has 2 atom stereocenters. The fraction of sp³-hybridized carbons (Fsp3) is 0.533. The highest BCUT2D eigenvalue weighted by Crippen LogP contribution is 2.36. The van der Waals surface area contributed by atoms with E-state index in [-0.39, 0.29) is 18.7 Å². The number of anilines is 1. The van der Waals surface area contributed by atoms with Gasteiger partial charge in [-0.15, -0.1) is 0 Å². The van der Waals surface area contributed by atoms with E-state index in [9.17, 15) is 4.79 Å². The summed E-state index contributed by atoms with van der Waals surface area (Å²) in [6.07, 6.45) is 3.24. The minimum Gasteiger partial charge on any atom is -0.454 e. The van der Waals surface area contributed by atoms with Gasteiger partial charge in [-0.2, -0.15) is 11.8 Å². The van der Waals surface area contributed by atoms with Gasteiger partial charge in [-0.3, -0.25) is 4.79 Å². The van der Waals surface area contributed by atoms with Crippen LogP contribution in [0.5, 0.6) is 11.5 Å². The van der Waals surface area contributed by atoms with Gasteiger partial charge in [0.05, 0.1) is 5.56 Å². The molecule has 2 unspecified atom stereocenters. The molecular weight excluding hydrogens is 288 g/mol. The Hall–Kier alpha value is -1.56. The number of fused-ring (bicyclic) bond motifs is 1. The predicted octanol–water partition coefficient (Wildman–Crippen LogP) is 2.40. The molecule has 1 aromatic rings. The first kappa shape index (κ1) is 14.4. The van der Waals surface area contributed by atoms with E-state index in [1.54, 1.807) is 12.1 Å². The third-order valence-electron chi connectivity index (χ3n) is 3.91. The van der Waals surface area contributed by atoms with Crippen molar-refractivity contribution in [3.8, 4) is 11.5 Å². The molecular formula is C15H20N2O3S. The lowest BCUT2D eigenvalue weighted by atomic mass is 10.1. The second kappa shape index (κ2) is 6.05. The van der Waals surface area contributed by atoms with Crippen LogP contribution in [0.15, 0.2) is 12.1 Å². The quantitative estimate of drug-likeness (QED) is 0.836. The fourth-order valence-electron chi connectivity index (χ4n) is 2.88. The molecule has 1 aromatic carbocycles. The van der Waals surface area contributed by atoms with Gasteiger partial charge in [-0.25, -0.2) is 0 Å². The summed E-state index contributed by atoms with van der Waals surface area (Å²) in [7, 11) is 0. The van der Waals surface area contributed by atoms with Crippen molar-refractivity contribution in [3.05, 3.63) is 17.7 Å². The molecule has 1 aliphatic heterocycles. The Morgan fingerprint density at radius 3 is 2.90 bits per heavy atom. The fourth-order valence-corrected chi connectivity index (χ4v) is 4.02. The highest BCUT2D eigenvalue weighted by atomic mass is 32.2. The summed E-state index contributed by atoms with van der Waals surface area (Å²) in [6.45, 7) is 2.35. The summed E-state index contributed by atoms with van der Waals surface area (Å²) < 4.78 is 10.6. The number of thioether (sulfide) groups is 1. The number of carbonyl (C=O) groups excluding carboxylic acids is 1. The van der Waals surface area contributed by atoms with Crippen molar-refractivity contribution in [1.29, 1.82) is 0 Å². The smallest absolute Gasteiger partial charge is 0.253 e. The van der Waals surface area contributed by atoms with E-state index >= 15 is 0 Å². The van der Waals surface area contributed by atoms with Crippen molar-refractivity contribution in [2.24, 2.45) is 0 Å². The Morgan fingerprint density at radius 2 is 2.14 bits per heavy atom. The summed E-state index contributed by atoms with van der Waals surface area (Å²) in [5.74, 6) is 2.18. The monoisotopic (exact) mass is 308 g/mol. The first-order chi connectivity index (χ1) is 10.2. The van der Waals surface area contributed by atoms with Crippen molar-refractivity contribution in [1.82, 2.24) is 5.32 Å². The Balaban J connectivity index is 1.66. The average Bonchev–Trinajstić information content (AvgIpc) is 3.07. The maximum absolute atomic E-state index is 12.4. The maximum atomic E-state index is 12.4. The van der Waals surface area contributed by atoms with Crippen molar-refractivity contribution in [3.63, 3.8) is 0 Å². The van der Waals surface area contributed by atoms with Crippen LogP contribution >= 0.6 is 11.8 Å². The van der Waals surface area contributed by atoms with Crippen LogP contribution in [0.25, 0.3) is 0 Å². The van der Waals surface area contributed by atoms with Gasteiger partial charge in [-0.1, -0.05) is 6.92 Å². The predicted molar refractivity (Wildman–Crippen MR) is 84.0 cm³/mol. The van der Waals surface area contributed by atoms with Crippen molar-refractivity contribution < 1.29 is 14.3 Å². The number of rotatable bonds is 4. The number of nitrogens with one attached hydrogen (secondary N) is 1. The molecule has 5 nitrogen and oxygen atoms in total. The largest absolute Gasteiger partial charge is 0.454 e. The van der Waals surface area contributed by atoms with Gasteiger partial charge >= 0.3 is 0 Å². The molecule has 6 heteroatoms. The van der Waals surface area contributed by atoms with Crippen molar-refractivity contribution in [2.45, 2.75) is 37.5 Å². The number of ether oxygens (including phenoxy) is 2. The van der Waals surface area contributed by atoms with E-state index in [2.05, 4.69) is 12.2 Å². The highest BCUT2D eigenvalue weighted by molar-refractivity contribution is 7.99. The van der Waals surface area contributed by atoms with Gasteiger partial charge < -0.3 is 20.5 Å². The van der Waals surface area contributed by atoms with Gasteiger partial charge in [0.2, 0.25) is 6.79 Å². The zero-order chi connectivity index (χ0) is 14.8. The SMILES string of the molecule is CCSC1CCC(NC(=O)c2cc3c(cc2N)OCO3)C1. The van der Waals surface area contributed by atoms with Crippen LogP contribution < -0.4 is 20.5 Å². The minimum atomic E-state index is -0.127. The molecule has 0 spiro atoms. The molecule has 1 heterocycles.